The molecule has 0 unspecified atom stereocenters. The normalized spacial score (nSPS) is 21.6. The highest BCUT2D eigenvalue weighted by Crippen LogP contribution is 2.33. The molecule has 0 aromatic rings. The molecule has 334 valence electrons. The summed E-state index contributed by atoms with van der Waals surface area (Å²) in [5.41, 5.74) is -0.783. The summed E-state index contributed by atoms with van der Waals surface area (Å²) in [4.78, 5) is 23.5. The number of aliphatic hydroxyl groups is 2. The van der Waals surface area contributed by atoms with E-state index in [-0.39, 0.29) is 55.3 Å². The van der Waals surface area contributed by atoms with E-state index < -0.39 is 44.2 Å². The number of ether oxygens (including phenoxy) is 4. The van der Waals surface area contributed by atoms with Crippen LogP contribution < -0.4 is 0 Å². The van der Waals surface area contributed by atoms with E-state index in [1.807, 2.05) is 27.7 Å². The fraction of sp³-hybridized carbons (Fsp3) is 0.744. The third-order valence-corrected chi connectivity index (χ3v) is 10.7. The zero-order valence-corrected chi connectivity index (χ0v) is 36.7. The lowest BCUT2D eigenvalue weighted by Crippen LogP contribution is -2.27. The first-order valence-electron chi connectivity index (χ1n) is 20.0. The molecule has 2 rings (SSSR count). The third kappa shape index (κ3) is 19.9. The zero-order valence-electron chi connectivity index (χ0n) is 35.9. The van der Waals surface area contributed by atoms with Crippen LogP contribution >= 0.6 is 0 Å². The molecule has 2 N–H and O–H groups in total. The van der Waals surface area contributed by atoms with E-state index in [1.54, 1.807) is 20.8 Å². The van der Waals surface area contributed by atoms with Crippen molar-refractivity contribution in [3.8, 4) is 0 Å². The largest absolute Gasteiger partial charge is 0.534 e. The number of alkyl halides is 3. The summed E-state index contributed by atoms with van der Waals surface area (Å²) in [6.07, 6.45) is 5.79. The maximum absolute atomic E-state index is 12.4. The standard InChI is InChI=1S/C22H35F3O7S.C21H34O4/c1-14(16(3)32-33(28,29)22(23,24)25)12-17(26)9-10-19-15(2)13-18(31-19)8-7-11-30-20(27)21(4,5)6;1-7-15(2)13-17(22)10-11-19-16(3)14-18(25-19)9-8-12-24-20(23)21(4,5)6/h14,17-19,26H,2-3,7-13H2,1,4-6H3;17-19,22H,1,3,8-14H2,2,4-6H3/t14-,17-,18+,19+;17-,18+,19+/m11/s1. The summed E-state index contributed by atoms with van der Waals surface area (Å²) in [6, 6.07) is 0. The monoisotopic (exact) mass is 850 g/mol. The van der Waals surface area contributed by atoms with Crippen molar-refractivity contribution in [3.63, 3.8) is 0 Å². The van der Waals surface area contributed by atoms with E-state index in [9.17, 15) is 41.4 Å². The van der Waals surface area contributed by atoms with Crippen LogP contribution in [0.25, 0.3) is 0 Å². The van der Waals surface area contributed by atoms with Gasteiger partial charge in [-0.3, -0.25) is 9.59 Å². The summed E-state index contributed by atoms with van der Waals surface area (Å²) in [6.45, 7) is 29.9. The number of hydrogen-bond donors (Lipinski definition) is 2. The van der Waals surface area contributed by atoms with Gasteiger partial charge in [0.05, 0.1) is 60.7 Å². The Morgan fingerprint density at radius 3 is 1.62 bits per heavy atom. The lowest BCUT2D eigenvalue weighted by molar-refractivity contribution is -0.154. The lowest BCUT2D eigenvalue weighted by atomic mass is 9.96. The third-order valence-electron chi connectivity index (χ3n) is 9.68. The van der Waals surface area contributed by atoms with Crippen LogP contribution in [0.3, 0.4) is 0 Å². The van der Waals surface area contributed by atoms with Crippen molar-refractivity contribution in [2.24, 2.45) is 16.7 Å². The molecule has 0 aromatic heterocycles. The van der Waals surface area contributed by atoms with E-state index in [2.05, 4.69) is 36.2 Å². The van der Waals surface area contributed by atoms with Gasteiger partial charge < -0.3 is 33.3 Å². The highest BCUT2D eigenvalue weighted by Gasteiger charge is 2.49. The Balaban J connectivity index is 0.000000602. The van der Waals surface area contributed by atoms with Gasteiger partial charge in [-0.1, -0.05) is 33.2 Å². The molecule has 2 saturated heterocycles. The number of hydrogen-bond acceptors (Lipinski definition) is 11. The molecule has 2 heterocycles. The first kappa shape index (κ1) is 53.1. The molecular formula is C43H69F3O11S. The van der Waals surface area contributed by atoms with Gasteiger partial charge in [0, 0.05) is 12.3 Å². The van der Waals surface area contributed by atoms with Crippen LogP contribution in [0.2, 0.25) is 0 Å². The minimum absolute atomic E-state index is 0.0183. The average Bonchev–Trinajstić information content (AvgIpc) is 3.64. The van der Waals surface area contributed by atoms with Crippen LogP contribution in [0.4, 0.5) is 13.2 Å². The van der Waals surface area contributed by atoms with Gasteiger partial charge >= 0.3 is 27.6 Å². The molecule has 0 spiro atoms. The summed E-state index contributed by atoms with van der Waals surface area (Å²) >= 11 is 0. The van der Waals surface area contributed by atoms with Gasteiger partial charge in [0.25, 0.3) is 0 Å². The number of allylic oxidation sites excluding steroid dienone is 1. The second-order valence-corrected chi connectivity index (χ2v) is 19.0. The van der Waals surface area contributed by atoms with Crippen molar-refractivity contribution in [2.75, 3.05) is 13.2 Å². The quantitative estimate of drug-likeness (QED) is 0.0216. The molecule has 2 aliphatic rings. The van der Waals surface area contributed by atoms with Crippen molar-refractivity contribution in [1.82, 2.24) is 0 Å². The van der Waals surface area contributed by atoms with Crippen molar-refractivity contribution in [3.05, 3.63) is 54.5 Å². The maximum atomic E-state index is 12.4. The second-order valence-electron chi connectivity index (χ2n) is 17.5. The SMILES string of the molecule is C=C(OS(=O)(=O)C(F)(F)F)[C@H](C)C[C@H](O)CC[C@@H]1O[C@@H](CCCOC(=O)C(C)(C)C)CC1=C.C=C=C(C)C[C@H](O)CC[C@@H]1O[C@@H](CCCOC(=O)C(C)(C)C)CC1=C. The minimum Gasteiger partial charge on any atom is -0.465 e. The van der Waals surface area contributed by atoms with Crippen molar-refractivity contribution < 1.29 is 64.5 Å². The van der Waals surface area contributed by atoms with Crippen molar-refractivity contribution in [2.45, 2.75) is 175 Å². The molecule has 0 radical (unpaired) electrons. The lowest BCUT2D eigenvalue weighted by Gasteiger charge is -2.21. The fourth-order valence-electron chi connectivity index (χ4n) is 6.01. The van der Waals surface area contributed by atoms with E-state index in [1.165, 1.54) is 6.92 Å². The second kappa shape index (κ2) is 23.7. The molecule has 11 nitrogen and oxygen atoms in total. The first-order chi connectivity index (χ1) is 26.6. The molecule has 0 amide bonds. The Morgan fingerprint density at radius 2 is 1.24 bits per heavy atom. The molecule has 2 aliphatic heterocycles. The van der Waals surface area contributed by atoms with Gasteiger partial charge in [0.15, 0.2) is 0 Å². The molecule has 58 heavy (non-hydrogen) atoms. The molecule has 2 fully saturated rings. The summed E-state index contributed by atoms with van der Waals surface area (Å²) < 4.78 is 85.9. The molecule has 0 aliphatic carbocycles. The topological polar surface area (TPSA) is 155 Å². The van der Waals surface area contributed by atoms with Gasteiger partial charge in [-0.15, -0.1) is 5.73 Å². The van der Waals surface area contributed by atoms with Crippen LogP contribution in [0.15, 0.2) is 54.5 Å². The van der Waals surface area contributed by atoms with E-state index in [0.717, 1.165) is 42.4 Å². The van der Waals surface area contributed by atoms with Gasteiger partial charge in [0.2, 0.25) is 0 Å². The van der Waals surface area contributed by atoms with Crippen molar-refractivity contribution >= 4 is 22.1 Å². The smallest absolute Gasteiger partial charge is 0.465 e. The highest BCUT2D eigenvalue weighted by atomic mass is 32.2. The Labute approximate surface area is 344 Å². The number of rotatable bonds is 21. The number of carbonyl (C=O) groups is 2. The van der Waals surface area contributed by atoms with E-state index >= 15 is 0 Å². The Kier molecular flexibility index (Phi) is 21.7. The van der Waals surface area contributed by atoms with E-state index in [0.29, 0.717) is 51.7 Å². The van der Waals surface area contributed by atoms with Crippen molar-refractivity contribution in [1.29, 1.82) is 0 Å². The van der Waals surface area contributed by atoms with Gasteiger partial charge in [-0.05, 0) is 136 Å². The number of carbonyl (C=O) groups excluding carboxylic acids is 2. The highest BCUT2D eigenvalue weighted by molar-refractivity contribution is 7.87. The Morgan fingerprint density at radius 1 is 0.828 bits per heavy atom. The molecule has 0 bridgehead atoms. The molecular weight excluding hydrogens is 782 g/mol. The molecule has 7 atom stereocenters. The molecule has 0 saturated carbocycles. The van der Waals surface area contributed by atoms with Crippen LogP contribution in [0.5, 0.6) is 0 Å². The van der Waals surface area contributed by atoms with Crippen LogP contribution in [-0.2, 0) is 42.8 Å². The Bertz CT molecular complexity index is 1530. The van der Waals surface area contributed by atoms with Crippen LogP contribution in [0.1, 0.15) is 132 Å². The number of esters is 2. The molecule has 0 aromatic carbocycles. The zero-order chi connectivity index (χ0) is 44.6. The average molecular weight is 851 g/mol. The van der Waals surface area contributed by atoms with Gasteiger partial charge in [-0.25, -0.2) is 0 Å². The number of halogens is 3. The minimum atomic E-state index is -5.78. The predicted molar refractivity (Wildman–Crippen MR) is 217 cm³/mol. The van der Waals surface area contributed by atoms with Crippen LogP contribution in [0, 0.1) is 16.7 Å². The summed E-state index contributed by atoms with van der Waals surface area (Å²) in [5.74, 6) is -1.82. The molecule has 15 heteroatoms. The first-order valence-corrected chi connectivity index (χ1v) is 21.4. The van der Waals surface area contributed by atoms with E-state index in [4.69, 9.17) is 18.9 Å². The summed E-state index contributed by atoms with van der Waals surface area (Å²) in [7, 11) is -5.78. The Hall–Kier alpha value is -2.94. The van der Waals surface area contributed by atoms with Crippen LogP contribution in [-0.4, -0.2) is 85.9 Å². The predicted octanol–water partition coefficient (Wildman–Crippen LogP) is 8.95. The van der Waals surface area contributed by atoms with Gasteiger partial charge in [-0.2, -0.15) is 21.6 Å². The number of aliphatic hydroxyl groups excluding tert-OH is 2. The fourth-order valence-corrected chi connectivity index (χ4v) is 6.55. The maximum Gasteiger partial charge on any atom is 0.534 e. The summed E-state index contributed by atoms with van der Waals surface area (Å²) in [5, 5.41) is 20.3. The van der Waals surface area contributed by atoms with Gasteiger partial charge in [0.1, 0.15) is 5.76 Å².